The van der Waals surface area contributed by atoms with E-state index in [4.69, 9.17) is 16.3 Å². The minimum absolute atomic E-state index is 0.444. The summed E-state index contributed by atoms with van der Waals surface area (Å²) in [4.78, 5) is 0. The molecule has 0 unspecified atom stereocenters. The largest absolute Gasteiger partial charge is 0.488 e. The predicted octanol–water partition coefficient (Wildman–Crippen LogP) is 6.86. The molecule has 0 aromatic heterocycles. The maximum absolute atomic E-state index is 6.22. The SMILES string of the molecule is CCc1ccc(NCc2cc(Br)ccc2OCc2ccccc2Cl)cc1. The normalized spacial score (nSPS) is 10.6. The van der Waals surface area contributed by atoms with Crippen LogP contribution in [0.25, 0.3) is 0 Å². The minimum atomic E-state index is 0.444. The third-order valence-electron chi connectivity index (χ3n) is 4.21. The van der Waals surface area contributed by atoms with Crippen molar-refractivity contribution in [3.05, 3.63) is 92.9 Å². The molecule has 0 spiro atoms. The van der Waals surface area contributed by atoms with E-state index in [0.29, 0.717) is 13.2 Å². The molecule has 0 saturated heterocycles. The molecule has 2 nitrogen and oxygen atoms in total. The molecule has 0 fully saturated rings. The van der Waals surface area contributed by atoms with Gasteiger partial charge in [0.05, 0.1) is 0 Å². The monoisotopic (exact) mass is 429 g/mol. The van der Waals surface area contributed by atoms with E-state index in [0.717, 1.165) is 38.5 Å². The Morgan fingerprint density at radius 1 is 0.962 bits per heavy atom. The standard InChI is InChI=1S/C22H21BrClNO/c1-2-16-7-10-20(11-8-16)25-14-18-13-19(23)9-12-22(18)26-15-17-5-3-4-6-21(17)24/h3-13,25H,2,14-15H2,1H3. The van der Waals surface area contributed by atoms with E-state index in [9.17, 15) is 0 Å². The zero-order chi connectivity index (χ0) is 18.4. The Kier molecular flexibility index (Phi) is 6.59. The number of hydrogen-bond acceptors (Lipinski definition) is 2. The Labute approximate surface area is 168 Å². The van der Waals surface area contributed by atoms with Crippen molar-refractivity contribution in [3.8, 4) is 5.75 Å². The molecular formula is C22H21BrClNO. The highest BCUT2D eigenvalue weighted by atomic mass is 79.9. The molecule has 0 radical (unpaired) electrons. The third-order valence-corrected chi connectivity index (χ3v) is 5.07. The number of halogens is 2. The summed E-state index contributed by atoms with van der Waals surface area (Å²) in [6.07, 6.45) is 1.05. The second kappa shape index (κ2) is 9.11. The zero-order valence-corrected chi connectivity index (χ0v) is 17.0. The summed E-state index contributed by atoms with van der Waals surface area (Å²) in [6, 6.07) is 22.3. The number of nitrogens with one attached hydrogen (secondary N) is 1. The Morgan fingerprint density at radius 3 is 2.46 bits per heavy atom. The molecule has 1 N–H and O–H groups in total. The van der Waals surface area contributed by atoms with E-state index in [-0.39, 0.29) is 0 Å². The number of hydrogen-bond donors (Lipinski definition) is 1. The average molecular weight is 431 g/mol. The lowest BCUT2D eigenvalue weighted by molar-refractivity contribution is 0.303. The fraction of sp³-hybridized carbons (Fsp3) is 0.182. The van der Waals surface area contributed by atoms with Crippen LogP contribution < -0.4 is 10.1 Å². The van der Waals surface area contributed by atoms with Crippen molar-refractivity contribution in [2.75, 3.05) is 5.32 Å². The first-order valence-corrected chi connectivity index (χ1v) is 9.80. The highest BCUT2D eigenvalue weighted by molar-refractivity contribution is 9.10. The number of ether oxygens (including phenoxy) is 1. The van der Waals surface area contributed by atoms with Crippen molar-refractivity contribution in [1.82, 2.24) is 0 Å². The van der Waals surface area contributed by atoms with Crippen LogP contribution >= 0.6 is 27.5 Å². The van der Waals surface area contributed by atoms with E-state index >= 15 is 0 Å². The van der Waals surface area contributed by atoms with Gasteiger partial charge < -0.3 is 10.1 Å². The first-order chi connectivity index (χ1) is 12.7. The molecule has 26 heavy (non-hydrogen) atoms. The second-order valence-corrected chi connectivity index (χ2v) is 7.36. The van der Waals surface area contributed by atoms with Crippen LogP contribution in [0.1, 0.15) is 23.6 Å². The zero-order valence-electron chi connectivity index (χ0n) is 14.6. The number of aryl methyl sites for hydroxylation is 1. The van der Waals surface area contributed by atoms with Crippen LogP contribution in [0.4, 0.5) is 5.69 Å². The molecule has 3 rings (SSSR count). The molecule has 0 amide bonds. The summed E-state index contributed by atoms with van der Waals surface area (Å²) in [5.74, 6) is 0.853. The van der Waals surface area contributed by atoms with Crippen molar-refractivity contribution in [2.24, 2.45) is 0 Å². The van der Waals surface area contributed by atoms with Gasteiger partial charge in [-0.3, -0.25) is 0 Å². The summed E-state index contributed by atoms with van der Waals surface area (Å²) < 4.78 is 7.07. The maximum atomic E-state index is 6.22. The summed E-state index contributed by atoms with van der Waals surface area (Å²) in [5.41, 5.74) is 4.50. The molecule has 134 valence electrons. The van der Waals surface area contributed by atoms with Crippen LogP contribution in [0.2, 0.25) is 5.02 Å². The molecule has 4 heteroatoms. The molecule has 0 aliphatic heterocycles. The van der Waals surface area contributed by atoms with Gasteiger partial charge in [0.2, 0.25) is 0 Å². The Morgan fingerprint density at radius 2 is 1.73 bits per heavy atom. The van der Waals surface area contributed by atoms with Gasteiger partial charge in [-0.1, -0.05) is 64.8 Å². The van der Waals surface area contributed by atoms with Crippen LogP contribution in [-0.2, 0) is 19.6 Å². The van der Waals surface area contributed by atoms with E-state index in [1.54, 1.807) is 0 Å². The van der Waals surface area contributed by atoms with Crippen LogP contribution in [0.15, 0.2) is 71.2 Å². The van der Waals surface area contributed by atoms with Gasteiger partial charge in [0.1, 0.15) is 12.4 Å². The van der Waals surface area contributed by atoms with Crippen molar-refractivity contribution in [2.45, 2.75) is 26.5 Å². The lowest BCUT2D eigenvalue weighted by Crippen LogP contribution is -2.04. The van der Waals surface area contributed by atoms with E-state index in [1.165, 1.54) is 5.56 Å². The van der Waals surface area contributed by atoms with Gasteiger partial charge in [-0.05, 0) is 48.4 Å². The van der Waals surface area contributed by atoms with Gasteiger partial charge in [-0.2, -0.15) is 0 Å². The lowest BCUT2D eigenvalue weighted by Gasteiger charge is -2.14. The molecule has 0 bridgehead atoms. The third kappa shape index (κ3) is 5.03. The van der Waals surface area contributed by atoms with Crippen LogP contribution in [0.3, 0.4) is 0 Å². The second-order valence-electron chi connectivity index (χ2n) is 6.04. The molecule has 0 aliphatic carbocycles. The van der Waals surface area contributed by atoms with Gasteiger partial charge in [0, 0.05) is 32.9 Å². The maximum Gasteiger partial charge on any atom is 0.124 e. The van der Waals surface area contributed by atoms with Gasteiger partial charge in [0.15, 0.2) is 0 Å². The average Bonchev–Trinajstić information content (AvgIpc) is 2.67. The molecule has 0 atom stereocenters. The van der Waals surface area contributed by atoms with Gasteiger partial charge >= 0.3 is 0 Å². The van der Waals surface area contributed by atoms with Crippen molar-refractivity contribution in [3.63, 3.8) is 0 Å². The minimum Gasteiger partial charge on any atom is -0.488 e. The topological polar surface area (TPSA) is 21.3 Å². The number of benzene rings is 3. The highest BCUT2D eigenvalue weighted by Crippen LogP contribution is 2.26. The molecule has 0 heterocycles. The van der Waals surface area contributed by atoms with Crippen molar-refractivity contribution in [1.29, 1.82) is 0 Å². The van der Waals surface area contributed by atoms with Crippen LogP contribution in [0.5, 0.6) is 5.75 Å². The van der Waals surface area contributed by atoms with Crippen LogP contribution in [0, 0.1) is 0 Å². The number of rotatable bonds is 7. The smallest absolute Gasteiger partial charge is 0.124 e. The highest BCUT2D eigenvalue weighted by Gasteiger charge is 2.07. The van der Waals surface area contributed by atoms with E-state index < -0.39 is 0 Å². The van der Waals surface area contributed by atoms with Crippen LogP contribution in [-0.4, -0.2) is 0 Å². The fourth-order valence-corrected chi connectivity index (χ4v) is 3.25. The molecule has 0 aliphatic rings. The Balaban J connectivity index is 1.70. The fourth-order valence-electron chi connectivity index (χ4n) is 2.65. The lowest BCUT2D eigenvalue weighted by atomic mass is 10.1. The van der Waals surface area contributed by atoms with Crippen molar-refractivity contribution < 1.29 is 4.74 Å². The summed E-state index contributed by atoms with van der Waals surface area (Å²) in [5, 5.41) is 4.19. The Hall–Kier alpha value is -1.97. The summed E-state index contributed by atoms with van der Waals surface area (Å²) in [7, 11) is 0. The summed E-state index contributed by atoms with van der Waals surface area (Å²) in [6.45, 7) is 3.29. The first kappa shape index (κ1) is 18.8. The van der Waals surface area contributed by atoms with Gasteiger partial charge in [-0.15, -0.1) is 0 Å². The van der Waals surface area contributed by atoms with Gasteiger partial charge in [-0.25, -0.2) is 0 Å². The molecular weight excluding hydrogens is 410 g/mol. The molecule has 3 aromatic rings. The molecule has 0 saturated carbocycles. The number of anilines is 1. The first-order valence-electron chi connectivity index (χ1n) is 8.63. The van der Waals surface area contributed by atoms with Gasteiger partial charge in [0.25, 0.3) is 0 Å². The van der Waals surface area contributed by atoms with E-state index in [2.05, 4.69) is 58.5 Å². The molecule has 3 aromatic carbocycles. The predicted molar refractivity (Wildman–Crippen MR) is 113 cm³/mol. The quantitative estimate of drug-likeness (QED) is 0.442. The summed E-state index contributed by atoms with van der Waals surface area (Å²) >= 11 is 9.77. The van der Waals surface area contributed by atoms with E-state index in [1.807, 2.05) is 36.4 Å². The Bertz CT molecular complexity index is 864. The van der Waals surface area contributed by atoms with Crippen molar-refractivity contribution >= 4 is 33.2 Å².